The standard InChI is InChI=1S/C12H11NO5S/c14-10(15)4-7(5-11(16)17)12-13-6-9(19-12)8-2-1-3-18-8/h1-3,6-7H,4-5H2,(H,14,15)(H,16,17). The van der Waals surface area contributed by atoms with Crippen LogP contribution in [-0.4, -0.2) is 27.1 Å². The first-order chi connectivity index (χ1) is 9.06. The molecule has 2 aromatic rings. The van der Waals surface area contributed by atoms with Crippen LogP contribution in [0.5, 0.6) is 0 Å². The van der Waals surface area contributed by atoms with E-state index in [0.29, 0.717) is 10.8 Å². The van der Waals surface area contributed by atoms with E-state index in [1.54, 1.807) is 18.3 Å². The maximum absolute atomic E-state index is 10.8. The van der Waals surface area contributed by atoms with Crippen molar-refractivity contribution in [2.75, 3.05) is 0 Å². The van der Waals surface area contributed by atoms with Crippen LogP contribution in [0.3, 0.4) is 0 Å². The minimum absolute atomic E-state index is 0.253. The van der Waals surface area contributed by atoms with Crippen LogP contribution in [0.25, 0.3) is 10.6 Å². The Labute approximate surface area is 112 Å². The van der Waals surface area contributed by atoms with Gasteiger partial charge < -0.3 is 14.6 Å². The number of hydrogen-bond acceptors (Lipinski definition) is 5. The lowest BCUT2D eigenvalue weighted by Gasteiger charge is -2.08. The Morgan fingerprint density at radius 2 is 2.00 bits per heavy atom. The van der Waals surface area contributed by atoms with Gasteiger partial charge in [0.1, 0.15) is 5.76 Å². The van der Waals surface area contributed by atoms with E-state index in [0.717, 1.165) is 4.88 Å². The Hall–Kier alpha value is -2.15. The highest BCUT2D eigenvalue weighted by Gasteiger charge is 2.22. The van der Waals surface area contributed by atoms with E-state index in [4.69, 9.17) is 14.6 Å². The van der Waals surface area contributed by atoms with Gasteiger partial charge in [-0.1, -0.05) is 0 Å². The van der Waals surface area contributed by atoms with Gasteiger partial charge in [0.15, 0.2) is 0 Å². The lowest BCUT2D eigenvalue weighted by Crippen LogP contribution is -2.10. The summed E-state index contributed by atoms with van der Waals surface area (Å²) >= 11 is 1.25. The predicted octanol–water partition coefficient (Wildman–Crippen LogP) is 2.44. The molecular weight excluding hydrogens is 270 g/mol. The molecule has 6 nitrogen and oxygen atoms in total. The lowest BCUT2D eigenvalue weighted by molar-refractivity contribution is -0.139. The molecule has 0 aliphatic rings. The molecule has 2 aromatic heterocycles. The van der Waals surface area contributed by atoms with E-state index in [9.17, 15) is 9.59 Å². The van der Waals surface area contributed by atoms with Crippen molar-refractivity contribution in [2.24, 2.45) is 0 Å². The minimum atomic E-state index is -1.04. The average Bonchev–Trinajstić information content (AvgIpc) is 2.98. The molecule has 2 heterocycles. The van der Waals surface area contributed by atoms with Gasteiger partial charge in [0.25, 0.3) is 0 Å². The van der Waals surface area contributed by atoms with E-state index in [1.165, 1.54) is 17.6 Å². The topological polar surface area (TPSA) is 101 Å². The van der Waals surface area contributed by atoms with E-state index < -0.39 is 17.9 Å². The zero-order chi connectivity index (χ0) is 13.8. The Morgan fingerprint density at radius 1 is 1.32 bits per heavy atom. The SMILES string of the molecule is O=C(O)CC(CC(=O)O)c1ncc(-c2ccco2)s1. The third-order valence-corrected chi connectivity index (χ3v) is 3.65. The van der Waals surface area contributed by atoms with Crippen molar-refractivity contribution in [3.63, 3.8) is 0 Å². The van der Waals surface area contributed by atoms with Gasteiger partial charge in [-0.05, 0) is 12.1 Å². The molecule has 0 spiro atoms. The predicted molar refractivity (Wildman–Crippen MR) is 67.1 cm³/mol. The zero-order valence-electron chi connectivity index (χ0n) is 9.78. The number of thiazole rings is 1. The second-order valence-electron chi connectivity index (χ2n) is 3.93. The molecule has 0 amide bonds. The second-order valence-corrected chi connectivity index (χ2v) is 4.99. The summed E-state index contributed by atoms with van der Waals surface area (Å²) in [7, 11) is 0. The quantitative estimate of drug-likeness (QED) is 0.843. The highest BCUT2D eigenvalue weighted by molar-refractivity contribution is 7.15. The largest absolute Gasteiger partial charge is 0.481 e. The first-order valence-corrected chi connectivity index (χ1v) is 6.31. The molecule has 0 aliphatic carbocycles. The number of carboxylic acids is 2. The Morgan fingerprint density at radius 3 is 2.53 bits per heavy atom. The van der Waals surface area contributed by atoms with Gasteiger partial charge in [0, 0.05) is 12.1 Å². The molecule has 19 heavy (non-hydrogen) atoms. The van der Waals surface area contributed by atoms with E-state index in [2.05, 4.69) is 4.98 Å². The Balaban J connectivity index is 2.22. The van der Waals surface area contributed by atoms with Gasteiger partial charge in [0.2, 0.25) is 0 Å². The minimum Gasteiger partial charge on any atom is -0.481 e. The Bertz CT molecular complexity index is 559. The van der Waals surface area contributed by atoms with Gasteiger partial charge in [-0.25, -0.2) is 4.98 Å². The van der Waals surface area contributed by atoms with Crippen molar-refractivity contribution in [1.82, 2.24) is 4.98 Å². The molecule has 100 valence electrons. The fraction of sp³-hybridized carbons (Fsp3) is 0.250. The first kappa shape index (κ1) is 13.3. The maximum atomic E-state index is 10.8. The summed E-state index contributed by atoms with van der Waals surface area (Å²) in [5, 5.41) is 18.1. The molecular formula is C12H11NO5S. The number of aliphatic carboxylic acids is 2. The summed E-state index contributed by atoms with van der Waals surface area (Å²) < 4.78 is 5.21. The molecule has 2 N–H and O–H groups in total. The summed E-state index contributed by atoms with van der Waals surface area (Å²) in [6, 6.07) is 3.50. The fourth-order valence-electron chi connectivity index (χ4n) is 1.68. The van der Waals surface area contributed by atoms with Crippen molar-refractivity contribution < 1.29 is 24.2 Å². The van der Waals surface area contributed by atoms with Crippen LogP contribution in [0.15, 0.2) is 29.0 Å². The molecule has 0 atom stereocenters. The molecule has 0 unspecified atom stereocenters. The molecule has 2 rings (SSSR count). The number of nitrogens with zero attached hydrogens (tertiary/aromatic N) is 1. The molecule has 0 saturated heterocycles. The molecule has 7 heteroatoms. The van der Waals surface area contributed by atoms with Crippen LogP contribution < -0.4 is 0 Å². The maximum Gasteiger partial charge on any atom is 0.304 e. The van der Waals surface area contributed by atoms with E-state index >= 15 is 0 Å². The molecule has 0 aromatic carbocycles. The number of hydrogen-bond donors (Lipinski definition) is 2. The average molecular weight is 281 g/mol. The highest BCUT2D eigenvalue weighted by atomic mass is 32.1. The summed E-state index contributed by atoms with van der Waals surface area (Å²) in [6.45, 7) is 0. The number of furan rings is 1. The molecule has 0 fully saturated rings. The van der Waals surface area contributed by atoms with Gasteiger partial charge in [-0.15, -0.1) is 11.3 Å². The zero-order valence-corrected chi connectivity index (χ0v) is 10.6. The smallest absolute Gasteiger partial charge is 0.304 e. The van der Waals surface area contributed by atoms with Crippen molar-refractivity contribution in [3.05, 3.63) is 29.6 Å². The number of carboxylic acid groups (broad SMARTS) is 2. The monoisotopic (exact) mass is 281 g/mol. The van der Waals surface area contributed by atoms with Crippen LogP contribution in [0.1, 0.15) is 23.8 Å². The summed E-state index contributed by atoms with van der Waals surface area (Å²) in [6.07, 6.45) is 2.59. The molecule has 0 aliphatic heterocycles. The van der Waals surface area contributed by atoms with Crippen LogP contribution >= 0.6 is 11.3 Å². The van der Waals surface area contributed by atoms with Crippen molar-refractivity contribution in [3.8, 4) is 10.6 Å². The van der Waals surface area contributed by atoms with Crippen molar-refractivity contribution in [2.45, 2.75) is 18.8 Å². The fourth-order valence-corrected chi connectivity index (χ4v) is 2.66. The van der Waals surface area contributed by atoms with Crippen molar-refractivity contribution >= 4 is 23.3 Å². The van der Waals surface area contributed by atoms with Gasteiger partial charge in [-0.3, -0.25) is 9.59 Å². The van der Waals surface area contributed by atoms with E-state index in [1.807, 2.05) is 0 Å². The van der Waals surface area contributed by atoms with Crippen LogP contribution in [0.4, 0.5) is 0 Å². The number of carbonyl (C=O) groups is 2. The lowest BCUT2D eigenvalue weighted by atomic mass is 10.0. The van der Waals surface area contributed by atoms with E-state index in [-0.39, 0.29) is 12.8 Å². The van der Waals surface area contributed by atoms with Crippen LogP contribution in [0, 0.1) is 0 Å². The second kappa shape index (κ2) is 5.66. The highest BCUT2D eigenvalue weighted by Crippen LogP contribution is 2.33. The summed E-state index contributed by atoms with van der Waals surface area (Å²) in [5.74, 6) is -2.07. The van der Waals surface area contributed by atoms with Crippen molar-refractivity contribution in [1.29, 1.82) is 0 Å². The van der Waals surface area contributed by atoms with Crippen LogP contribution in [-0.2, 0) is 9.59 Å². The Kier molecular flexibility index (Phi) is 3.96. The van der Waals surface area contributed by atoms with Gasteiger partial charge >= 0.3 is 11.9 Å². The van der Waals surface area contributed by atoms with Crippen LogP contribution in [0.2, 0.25) is 0 Å². The number of aromatic nitrogens is 1. The van der Waals surface area contributed by atoms with Gasteiger partial charge in [0.05, 0.1) is 29.0 Å². The molecule has 0 saturated carbocycles. The summed E-state index contributed by atoms with van der Waals surface area (Å²) in [4.78, 5) is 26.4. The molecule has 0 bridgehead atoms. The molecule has 0 radical (unpaired) electrons. The number of rotatable bonds is 6. The van der Waals surface area contributed by atoms with Gasteiger partial charge in [-0.2, -0.15) is 0 Å². The first-order valence-electron chi connectivity index (χ1n) is 5.49. The third-order valence-electron chi connectivity index (χ3n) is 2.48. The normalized spacial score (nSPS) is 10.8. The summed E-state index contributed by atoms with van der Waals surface area (Å²) in [5.41, 5.74) is 0. The third kappa shape index (κ3) is 3.41.